The van der Waals surface area contributed by atoms with Crippen molar-refractivity contribution < 1.29 is 0 Å². The smallest absolute Gasteiger partial charge is 0.0670 e. The fourth-order valence-corrected chi connectivity index (χ4v) is 3.86. The molecule has 94 valence electrons. The number of hydrogen-bond donors (Lipinski definition) is 0. The van der Waals surface area contributed by atoms with E-state index in [1.807, 2.05) is 24.3 Å². The van der Waals surface area contributed by atoms with Crippen LogP contribution in [0.3, 0.4) is 0 Å². The monoisotopic (exact) mass is 360 g/mol. The predicted molar refractivity (Wildman–Crippen MR) is 85.5 cm³/mol. The van der Waals surface area contributed by atoms with Crippen LogP contribution >= 0.6 is 50.9 Å². The molecule has 2 aromatic carbocycles. The van der Waals surface area contributed by atoms with Gasteiger partial charge in [-0.25, -0.2) is 0 Å². The summed E-state index contributed by atoms with van der Waals surface area (Å²) >= 11 is 17.7. The van der Waals surface area contributed by atoms with Gasteiger partial charge < -0.3 is 0 Å². The van der Waals surface area contributed by atoms with Crippen LogP contribution in [0.5, 0.6) is 0 Å². The molecule has 0 bridgehead atoms. The molecule has 4 heteroatoms. The summed E-state index contributed by atoms with van der Waals surface area (Å²) in [7, 11) is 0. The van der Waals surface area contributed by atoms with Gasteiger partial charge in [-0.3, -0.25) is 0 Å². The first kappa shape index (κ1) is 14.3. The normalized spacial score (nSPS) is 12.4. The zero-order chi connectivity index (χ0) is 13.1. The molecule has 0 N–H and O–H groups in total. The molecule has 0 aliphatic heterocycles. The zero-order valence-electron chi connectivity index (χ0n) is 9.66. The lowest BCUT2D eigenvalue weighted by Crippen LogP contribution is -1.96. The maximum Gasteiger partial charge on any atom is 0.0670 e. The Labute approximate surface area is 130 Å². The van der Waals surface area contributed by atoms with Gasteiger partial charge in [0.15, 0.2) is 0 Å². The van der Waals surface area contributed by atoms with E-state index in [-0.39, 0.29) is 4.83 Å². The summed E-state index contributed by atoms with van der Waals surface area (Å²) in [6, 6.07) is 13.8. The fraction of sp³-hybridized carbons (Fsp3) is 0.143. The van der Waals surface area contributed by atoms with Gasteiger partial charge in [0.2, 0.25) is 0 Å². The van der Waals surface area contributed by atoms with Gasteiger partial charge in [-0.2, -0.15) is 0 Å². The van der Waals surface area contributed by atoms with E-state index in [0.717, 1.165) is 10.6 Å². The van der Waals surface area contributed by atoms with Gasteiger partial charge >= 0.3 is 0 Å². The molecule has 0 heterocycles. The van der Waals surface area contributed by atoms with E-state index in [1.165, 1.54) is 10.5 Å². The fourth-order valence-electron chi connectivity index (χ4n) is 1.75. The Morgan fingerprint density at radius 2 is 1.78 bits per heavy atom. The SMILES string of the molecule is CSc1ccccc1C(Br)c1cc(Cl)ccc1Cl. The molecular formula is C14H11BrCl2S. The highest BCUT2D eigenvalue weighted by Gasteiger charge is 2.16. The van der Waals surface area contributed by atoms with Gasteiger partial charge in [0.1, 0.15) is 0 Å². The third kappa shape index (κ3) is 3.05. The highest BCUT2D eigenvalue weighted by molar-refractivity contribution is 9.09. The van der Waals surface area contributed by atoms with Crippen LogP contribution in [0.15, 0.2) is 47.4 Å². The van der Waals surface area contributed by atoms with Gasteiger partial charge in [0.25, 0.3) is 0 Å². The van der Waals surface area contributed by atoms with Crippen molar-refractivity contribution in [2.45, 2.75) is 9.72 Å². The molecule has 18 heavy (non-hydrogen) atoms. The second-order valence-corrected chi connectivity index (χ2v) is 6.38. The molecule has 0 aromatic heterocycles. The van der Waals surface area contributed by atoms with E-state index in [2.05, 4.69) is 34.3 Å². The summed E-state index contributed by atoms with van der Waals surface area (Å²) in [6.45, 7) is 0. The first-order valence-corrected chi connectivity index (χ1v) is 8.25. The van der Waals surface area contributed by atoms with E-state index < -0.39 is 0 Å². The van der Waals surface area contributed by atoms with Crippen molar-refractivity contribution in [3.05, 3.63) is 63.6 Å². The Bertz CT molecular complexity index is 557. The first-order valence-electron chi connectivity index (χ1n) is 5.35. The third-order valence-corrected chi connectivity index (χ3v) is 5.02. The number of alkyl halides is 1. The minimum Gasteiger partial charge on any atom is -0.129 e. The van der Waals surface area contributed by atoms with Gasteiger partial charge in [-0.15, -0.1) is 11.8 Å². The Kier molecular flexibility index (Phi) is 5.02. The van der Waals surface area contributed by atoms with Crippen LogP contribution < -0.4 is 0 Å². The standard InChI is InChI=1S/C14H11BrCl2S/c1-18-13-5-3-2-4-10(13)14(15)11-8-9(16)6-7-12(11)17/h2-8,14H,1H3. The van der Waals surface area contributed by atoms with Crippen LogP contribution in [0.4, 0.5) is 0 Å². The number of hydrogen-bond acceptors (Lipinski definition) is 1. The van der Waals surface area contributed by atoms with Crippen LogP contribution in [0, 0.1) is 0 Å². The number of halogens is 3. The maximum absolute atomic E-state index is 6.24. The second-order valence-electron chi connectivity index (χ2n) is 3.77. The average Bonchev–Trinajstić information content (AvgIpc) is 2.40. The Morgan fingerprint density at radius 1 is 1.06 bits per heavy atom. The van der Waals surface area contributed by atoms with Crippen molar-refractivity contribution in [3.8, 4) is 0 Å². The summed E-state index contributed by atoms with van der Waals surface area (Å²) in [5.41, 5.74) is 2.19. The average molecular weight is 362 g/mol. The summed E-state index contributed by atoms with van der Waals surface area (Å²) in [5.74, 6) is 0. The molecule has 0 radical (unpaired) electrons. The van der Waals surface area contributed by atoms with Crippen LogP contribution in [-0.2, 0) is 0 Å². The van der Waals surface area contributed by atoms with E-state index >= 15 is 0 Å². The van der Waals surface area contributed by atoms with Crippen molar-refractivity contribution in [1.82, 2.24) is 0 Å². The molecule has 0 aliphatic carbocycles. The first-order chi connectivity index (χ1) is 8.63. The Morgan fingerprint density at radius 3 is 2.50 bits per heavy atom. The number of benzene rings is 2. The van der Waals surface area contributed by atoms with Crippen molar-refractivity contribution in [2.75, 3.05) is 6.26 Å². The molecule has 2 aromatic rings. The maximum atomic E-state index is 6.24. The summed E-state index contributed by atoms with van der Waals surface area (Å²) < 4.78 is 0. The van der Waals surface area contributed by atoms with Crippen LogP contribution in [0.2, 0.25) is 10.0 Å². The molecule has 0 saturated heterocycles. The predicted octanol–water partition coefficient (Wildman–Crippen LogP) is 6.20. The van der Waals surface area contributed by atoms with Gasteiger partial charge in [-0.1, -0.05) is 57.3 Å². The highest BCUT2D eigenvalue weighted by atomic mass is 79.9. The lowest BCUT2D eigenvalue weighted by atomic mass is 10.0. The molecule has 0 spiro atoms. The van der Waals surface area contributed by atoms with E-state index in [4.69, 9.17) is 23.2 Å². The summed E-state index contributed by atoms with van der Waals surface area (Å²) in [6.07, 6.45) is 2.07. The molecule has 1 unspecified atom stereocenters. The van der Waals surface area contributed by atoms with Gasteiger partial charge in [-0.05, 0) is 41.6 Å². The van der Waals surface area contributed by atoms with Crippen LogP contribution in [0.1, 0.15) is 16.0 Å². The quantitative estimate of drug-likeness (QED) is 0.463. The summed E-state index contributed by atoms with van der Waals surface area (Å²) in [4.78, 5) is 1.28. The topological polar surface area (TPSA) is 0 Å². The highest BCUT2D eigenvalue weighted by Crippen LogP contribution is 2.40. The third-order valence-electron chi connectivity index (χ3n) is 2.64. The molecule has 0 amide bonds. The van der Waals surface area contributed by atoms with E-state index in [0.29, 0.717) is 5.02 Å². The Hall–Kier alpha value is -0.150. The molecule has 0 fully saturated rings. The van der Waals surface area contributed by atoms with Crippen molar-refractivity contribution in [2.24, 2.45) is 0 Å². The second kappa shape index (κ2) is 6.33. The van der Waals surface area contributed by atoms with Crippen LogP contribution in [-0.4, -0.2) is 6.26 Å². The molecular weight excluding hydrogens is 351 g/mol. The minimum absolute atomic E-state index is 0.0485. The largest absolute Gasteiger partial charge is 0.129 e. The lowest BCUT2D eigenvalue weighted by Gasteiger charge is -2.16. The molecule has 1 atom stereocenters. The number of thioether (sulfide) groups is 1. The molecule has 0 saturated carbocycles. The molecule has 0 nitrogen and oxygen atoms in total. The van der Waals surface area contributed by atoms with Crippen molar-refractivity contribution in [3.63, 3.8) is 0 Å². The van der Waals surface area contributed by atoms with E-state index in [9.17, 15) is 0 Å². The molecule has 2 rings (SSSR count). The van der Waals surface area contributed by atoms with Crippen molar-refractivity contribution >= 4 is 50.9 Å². The Balaban J connectivity index is 2.47. The lowest BCUT2D eigenvalue weighted by molar-refractivity contribution is 1.12. The zero-order valence-corrected chi connectivity index (χ0v) is 13.6. The van der Waals surface area contributed by atoms with Gasteiger partial charge in [0.05, 0.1) is 4.83 Å². The van der Waals surface area contributed by atoms with Crippen molar-refractivity contribution in [1.29, 1.82) is 0 Å². The van der Waals surface area contributed by atoms with Crippen LogP contribution in [0.25, 0.3) is 0 Å². The summed E-state index contributed by atoms with van der Waals surface area (Å²) in [5, 5.41) is 1.41. The van der Waals surface area contributed by atoms with Gasteiger partial charge in [0, 0.05) is 14.9 Å². The van der Waals surface area contributed by atoms with E-state index in [1.54, 1.807) is 17.8 Å². The number of rotatable bonds is 3. The molecule has 0 aliphatic rings. The minimum atomic E-state index is 0.0485.